The zero-order valence-electron chi connectivity index (χ0n) is 15.3. The van der Waals surface area contributed by atoms with E-state index in [0.29, 0.717) is 32.4 Å². The van der Waals surface area contributed by atoms with E-state index >= 15 is 0 Å². The number of carboxylic acid groups (broad SMARTS) is 1. The van der Waals surface area contributed by atoms with Crippen molar-refractivity contribution in [2.75, 3.05) is 13.1 Å². The van der Waals surface area contributed by atoms with Gasteiger partial charge in [0.15, 0.2) is 0 Å². The number of piperidine rings is 1. The SMILES string of the molecule is CC(C)C[C@@H](NC(=O)OC(C)(C)C)C(=O)N1CCC(C(=O)O)CC1. The Balaban J connectivity index is 2.68. The van der Waals surface area contributed by atoms with Crippen LogP contribution in [0.4, 0.5) is 4.79 Å². The van der Waals surface area contributed by atoms with Gasteiger partial charge < -0.3 is 20.1 Å². The van der Waals surface area contributed by atoms with Crippen molar-refractivity contribution in [2.24, 2.45) is 11.8 Å². The van der Waals surface area contributed by atoms with E-state index in [1.54, 1.807) is 25.7 Å². The lowest BCUT2D eigenvalue weighted by molar-refractivity contribution is -0.146. The summed E-state index contributed by atoms with van der Waals surface area (Å²) in [5.41, 5.74) is -0.630. The summed E-state index contributed by atoms with van der Waals surface area (Å²) in [4.78, 5) is 37.4. The number of hydrogen-bond acceptors (Lipinski definition) is 4. The average Bonchev–Trinajstić information content (AvgIpc) is 2.43. The molecule has 0 spiro atoms. The molecule has 1 saturated heterocycles. The molecule has 0 aromatic carbocycles. The number of rotatable bonds is 5. The van der Waals surface area contributed by atoms with Gasteiger partial charge in [0, 0.05) is 13.1 Å². The number of amides is 2. The predicted octanol–water partition coefficient (Wildman–Crippen LogP) is 2.25. The van der Waals surface area contributed by atoms with Crippen LogP contribution in [0, 0.1) is 11.8 Å². The Labute approximate surface area is 143 Å². The molecule has 0 saturated carbocycles. The van der Waals surface area contributed by atoms with Crippen LogP contribution in [-0.4, -0.2) is 52.7 Å². The van der Waals surface area contributed by atoms with Gasteiger partial charge in [-0.25, -0.2) is 4.79 Å². The Morgan fingerprint density at radius 2 is 1.75 bits per heavy atom. The molecule has 2 N–H and O–H groups in total. The topological polar surface area (TPSA) is 95.9 Å². The lowest BCUT2D eigenvalue weighted by Gasteiger charge is -2.33. The first-order valence-electron chi connectivity index (χ1n) is 8.50. The number of carbonyl (C=O) groups excluding carboxylic acids is 2. The molecule has 0 aromatic rings. The van der Waals surface area contributed by atoms with Crippen molar-refractivity contribution in [1.29, 1.82) is 0 Å². The van der Waals surface area contributed by atoms with Gasteiger partial charge >= 0.3 is 12.1 Å². The zero-order valence-corrected chi connectivity index (χ0v) is 15.3. The molecule has 0 radical (unpaired) electrons. The molecule has 0 bridgehead atoms. The number of carbonyl (C=O) groups is 3. The minimum atomic E-state index is -0.812. The first kappa shape index (κ1) is 20.3. The van der Waals surface area contributed by atoms with Crippen LogP contribution in [0.5, 0.6) is 0 Å². The lowest BCUT2D eigenvalue weighted by Crippen LogP contribution is -2.52. The van der Waals surface area contributed by atoms with Gasteiger partial charge in [-0.15, -0.1) is 0 Å². The second-order valence-electron chi connectivity index (χ2n) is 7.77. The number of hydrogen-bond donors (Lipinski definition) is 2. The number of nitrogens with one attached hydrogen (secondary N) is 1. The summed E-state index contributed by atoms with van der Waals surface area (Å²) in [5, 5.41) is 11.7. The highest BCUT2D eigenvalue weighted by molar-refractivity contribution is 5.86. The molecular formula is C17H30N2O5. The minimum Gasteiger partial charge on any atom is -0.481 e. The quantitative estimate of drug-likeness (QED) is 0.799. The van der Waals surface area contributed by atoms with Crippen LogP contribution in [0.1, 0.15) is 53.9 Å². The van der Waals surface area contributed by atoms with E-state index in [0.717, 1.165) is 0 Å². The third-order valence-electron chi connectivity index (χ3n) is 3.85. The highest BCUT2D eigenvalue weighted by Gasteiger charge is 2.32. The van der Waals surface area contributed by atoms with E-state index in [1.807, 2.05) is 13.8 Å². The van der Waals surface area contributed by atoms with Crippen LogP contribution in [0.2, 0.25) is 0 Å². The van der Waals surface area contributed by atoms with Crippen LogP contribution in [-0.2, 0) is 14.3 Å². The molecule has 2 amide bonds. The van der Waals surface area contributed by atoms with Gasteiger partial charge in [-0.2, -0.15) is 0 Å². The predicted molar refractivity (Wildman–Crippen MR) is 89.6 cm³/mol. The Morgan fingerprint density at radius 1 is 1.21 bits per heavy atom. The molecule has 0 unspecified atom stereocenters. The maximum Gasteiger partial charge on any atom is 0.408 e. The molecule has 7 heteroatoms. The highest BCUT2D eigenvalue weighted by Crippen LogP contribution is 2.19. The molecule has 7 nitrogen and oxygen atoms in total. The number of nitrogens with zero attached hydrogens (tertiary/aromatic N) is 1. The van der Waals surface area contributed by atoms with Crippen molar-refractivity contribution in [3.63, 3.8) is 0 Å². The Morgan fingerprint density at radius 3 is 2.17 bits per heavy atom. The molecule has 1 aliphatic rings. The largest absolute Gasteiger partial charge is 0.481 e. The first-order chi connectivity index (χ1) is 11.0. The number of alkyl carbamates (subject to hydrolysis) is 1. The summed E-state index contributed by atoms with van der Waals surface area (Å²) >= 11 is 0. The molecule has 1 aliphatic heterocycles. The molecule has 138 valence electrons. The number of aliphatic carboxylic acids is 1. The van der Waals surface area contributed by atoms with Crippen LogP contribution in [0.3, 0.4) is 0 Å². The molecule has 24 heavy (non-hydrogen) atoms. The van der Waals surface area contributed by atoms with Crippen molar-refractivity contribution >= 4 is 18.0 Å². The Bertz CT molecular complexity index is 462. The summed E-state index contributed by atoms with van der Waals surface area (Å²) in [6, 6.07) is -0.652. The molecule has 0 aromatic heterocycles. The minimum absolute atomic E-state index is 0.168. The van der Waals surface area contributed by atoms with E-state index in [4.69, 9.17) is 9.84 Å². The van der Waals surface area contributed by atoms with Gasteiger partial charge in [0.2, 0.25) is 5.91 Å². The third kappa shape index (κ3) is 6.76. The average molecular weight is 342 g/mol. The highest BCUT2D eigenvalue weighted by atomic mass is 16.6. The van der Waals surface area contributed by atoms with E-state index in [2.05, 4.69) is 5.32 Å². The summed E-state index contributed by atoms with van der Waals surface area (Å²) in [5.74, 6) is -1.15. The van der Waals surface area contributed by atoms with Crippen molar-refractivity contribution in [3.8, 4) is 0 Å². The second kappa shape index (κ2) is 8.35. The van der Waals surface area contributed by atoms with Gasteiger partial charge in [0.25, 0.3) is 0 Å². The van der Waals surface area contributed by atoms with Crippen LogP contribution in [0.15, 0.2) is 0 Å². The van der Waals surface area contributed by atoms with Gasteiger partial charge in [-0.05, 0) is 46.0 Å². The fourth-order valence-corrected chi connectivity index (χ4v) is 2.71. The normalized spacial score (nSPS) is 17.5. The smallest absolute Gasteiger partial charge is 0.408 e. The lowest BCUT2D eigenvalue weighted by atomic mass is 9.95. The molecule has 1 rings (SSSR count). The van der Waals surface area contributed by atoms with E-state index in [9.17, 15) is 14.4 Å². The molecule has 1 fully saturated rings. The maximum atomic E-state index is 12.7. The van der Waals surface area contributed by atoms with E-state index < -0.39 is 29.6 Å². The zero-order chi connectivity index (χ0) is 18.5. The van der Waals surface area contributed by atoms with E-state index in [-0.39, 0.29) is 11.8 Å². The van der Waals surface area contributed by atoms with Crippen molar-refractivity contribution < 1.29 is 24.2 Å². The number of likely N-dealkylation sites (tertiary alicyclic amines) is 1. The summed E-state index contributed by atoms with van der Waals surface area (Å²) in [7, 11) is 0. The molecule has 0 aliphatic carbocycles. The molecule has 1 heterocycles. The van der Waals surface area contributed by atoms with Crippen molar-refractivity contribution in [1.82, 2.24) is 10.2 Å². The standard InChI is InChI=1S/C17H30N2O5/c1-11(2)10-13(18-16(23)24-17(3,4)5)14(20)19-8-6-12(7-9-19)15(21)22/h11-13H,6-10H2,1-5H3,(H,18,23)(H,21,22)/t13-/m1/s1. The maximum absolute atomic E-state index is 12.7. The van der Waals surface area contributed by atoms with Gasteiger partial charge in [0.05, 0.1) is 5.92 Å². The summed E-state index contributed by atoms with van der Waals surface area (Å²) in [6.45, 7) is 10.1. The fourth-order valence-electron chi connectivity index (χ4n) is 2.71. The first-order valence-corrected chi connectivity index (χ1v) is 8.50. The van der Waals surface area contributed by atoms with Crippen LogP contribution >= 0.6 is 0 Å². The van der Waals surface area contributed by atoms with Crippen molar-refractivity contribution in [3.05, 3.63) is 0 Å². The Hall–Kier alpha value is -1.79. The van der Waals surface area contributed by atoms with Crippen LogP contribution in [0.25, 0.3) is 0 Å². The van der Waals surface area contributed by atoms with Gasteiger partial charge in [-0.3, -0.25) is 9.59 Å². The molecular weight excluding hydrogens is 312 g/mol. The second-order valence-corrected chi connectivity index (χ2v) is 7.77. The fraction of sp³-hybridized carbons (Fsp3) is 0.824. The van der Waals surface area contributed by atoms with Gasteiger partial charge in [0.1, 0.15) is 11.6 Å². The third-order valence-corrected chi connectivity index (χ3v) is 3.85. The summed E-state index contributed by atoms with van der Waals surface area (Å²) < 4.78 is 5.24. The number of ether oxygens (including phenoxy) is 1. The Kier molecular flexibility index (Phi) is 7.05. The monoisotopic (exact) mass is 342 g/mol. The van der Waals surface area contributed by atoms with E-state index in [1.165, 1.54) is 0 Å². The van der Waals surface area contributed by atoms with Crippen LogP contribution < -0.4 is 5.32 Å². The summed E-state index contributed by atoms with van der Waals surface area (Å²) in [6.07, 6.45) is 0.794. The number of carboxylic acids is 1. The van der Waals surface area contributed by atoms with Gasteiger partial charge in [-0.1, -0.05) is 13.8 Å². The van der Waals surface area contributed by atoms with Crippen molar-refractivity contribution in [2.45, 2.75) is 65.5 Å². The molecule has 1 atom stereocenters.